The Hall–Kier alpha value is -2.15. The van der Waals surface area contributed by atoms with Gasteiger partial charge in [-0.15, -0.1) is 0 Å². The Morgan fingerprint density at radius 2 is 1.50 bits per heavy atom. The fourth-order valence-corrected chi connectivity index (χ4v) is 2.56. The molecule has 3 aromatic rings. The first-order chi connectivity index (χ1) is 9.54. The van der Waals surface area contributed by atoms with E-state index >= 15 is 0 Å². The number of benzene rings is 2. The van der Waals surface area contributed by atoms with E-state index in [2.05, 4.69) is 70.2 Å². The highest BCUT2D eigenvalue weighted by atomic mass is 14.7. The smallest absolute Gasteiger partial charge is 0.0714 e. The third-order valence-electron chi connectivity index (χ3n) is 3.97. The number of hydrogen-bond acceptors (Lipinski definition) is 1. The zero-order chi connectivity index (χ0) is 14.3. The predicted molar refractivity (Wildman–Crippen MR) is 86.1 cm³/mol. The van der Waals surface area contributed by atoms with Crippen LogP contribution >= 0.6 is 0 Å². The van der Waals surface area contributed by atoms with Gasteiger partial charge in [-0.05, 0) is 68.1 Å². The molecule has 1 aromatic heterocycles. The number of pyridine rings is 1. The standard InChI is InChI=1S/C19H19N/c1-12-5-8-17-15(4)11-18(20-19(17)9-12)16-7-6-13(2)14(3)10-16/h5-11H,1-4H3. The zero-order valence-corrected chi connectivity index (χ0v) is 12.5. The first-order valence-electron chi connectivity index (χ1n) is 7.00. The monoisotopic (exact) mass is 261 g/mol. The highest BCUT2D eigenvalue weighted by Crippen LogP contribution is 2.26. The summed E-state index contributed by atoms with van der Waals surface area (Å²) in [6.07, 6.45) is 0. The van der Waals surface area contributed by atoms with Crippen molar-refractivity contribution in [2.24, 2.45) is 0 Å². The number of nitrogens with zero attached hydrogens (tertiary/aromatic N) is 1. The van der Waals surface area contributed by atoms with Crippen LogP contribution in [0.25, 0.3) is 22.2 Å². The predicted octanol–water partition coefficient (Wildman–Crippen LogP) is 5.14. The minimum Gasteiger partial charge on any atom is -0.248 e. The van der Waals surface area contributed by atoms with Crippen molar-refractivity contribution in [2.75, 3.05) is 0 Å². The Morgan fingerprint density at radius 1 is 0.700 bits per heavy atom. The molecule has 0 fully saturated rings. The second-order valence-electron chi connectivity index (χ2n) is 5.64. The molecule has 0 N–H and O–H groups in total. The topological polar surface area (TPSA) is 12.9 Å². The van der Waals surface area contributed by atoms with E-state index in [0.717, 1.165) is 11.2 Å². The van der Waals surface area contributed by atoms with Crippen molar-refractivity contribution < 1.29 is 0 Å². The summed E-state index contributed by atoms with van der Waals surface area (Å²) >= 11 is 0. The molecule has 0 bridgehead atoms. The molecule has 0 radical (unpaired) electrons. The van der Waals surface area contributed by atoms with E-state index in [1.54, 1.807) is 0 Å². The van der Waals surface area contributed by atoms with Crippen molar-refractivity contribution in [1.29, 1.82) is 0 Å². The minimum atomic E-state index is 1.06. The van der Waals surface area contributed by atoms with Crippen LogP contribution < -0.4 is 0 Å². The van der Waals surface area contributed by atoms with Gasteiger partial charge in [-0.1, -0.05) is 24.3 Å². The molecule has 20 heavy (non-hydrogen) atoms. The molecule has 1 heteroatoms. The molecule has 3 rings (SSSR count). The summed E-state index contributed by atoms with van der Waals surface area (Å²) in [5, 5.41) is 1.24. The normalized spacial score (nSPS) is 11.0. The van der Waals surface area contributed by atoms with Crippen molar-refractivity contribution in [3.63, 3.8) is 0 Å². The summed E-state index contributed by atoms with van der Waals surface area (Å²) in [5.74, 6) is 0. The molecule has 0 aliphatic rings. The van der Waals surface area contributed by atoms with E-state index in [1.165, 1.54) is 33.2 Å². The summed E-state index contributed by atoms with van der Waals surface area (Å²) < 4.78 is 0. The maximum Gasteiger partial charge on any atom is 0.0714 e. The summed E-state index contributed by atoms with van der Waals surface area (Å²) in [7, 11) is 0. The van der Waals surface area contributed by atoms with Crippen LogP contribution in [0, 0.1) is 27.7 Å². The summed E-state index contributed by atoms with van der Waals surface area (Å²) in [5.41, 5.74) is 8.50. The highest BCUT2D eigenvalue weighted by Gasteiger charge is 2.06. The molecule has 0 aliphatic carbocycles. The van der Waals surface area contributed by atoms with Crippen molar-refractivity contribution in [2.45, 2.75) is 27.7 Å². The van der Waals surface area contributed by atoms with E-state index in [0.29, 0.717) is 0 Å². The molecule has 1 nitrogen and oxygen atoms in total. The third-order valence-corrected chi connectivity index (χ3v) is 3.97. The van der Waals surface area contributed by atoms with Crippen LogP contribution in [-0.2, 0) is 0 Å². The van der Waals surface area contributed by atoms with E-state index < -0.39 is 0 Å². The maximum atomic E-state index is 4.84. The van der Waals surface area contributed by atoms with Gasteiger partial charge >= 0.3 is 0 Å². The van der Waals surface area contributed by atoms with E-state index in [1.807, 2.05) is 0 Å². The second-order valence-corrected chi connectivity index (χ2v) is 5.64. The van der Waals surface area contributed by atoms with Gasteiger partial charge in [0.25, 0.3) is 0 Å². The second kappa shape index (κ2) is 4.75. The zero-order valence-electron chi connectivity index (χ0n) is 12.5. The lowest BCUT2D eigenvalue weighted by molar-refractivity contribution is 1.31. The lowest BCUT2D eigenvalue weighted by atomic mass is 10.0. The first-order valence-corrected chi connectivity index (χ1v) is 7.00. The number of fused-ring (bicyclic) bond motifs is 1. The van der Waals surface area contributed by atoms with Gasteiger partial charge in [-0.2, -0.15) is 0 Å². The molecule has 0 amide bonds. The van der Waals surface area contributed by atoms with Crippen molar-refractivity contribution in [1.82, 2.24) is 4.98 Å². The van der Waals surface area contributed by atoms with Crippen molar-refractivity contribution in [3.05, 3.63) is 64.7 Å². The summed E-state index contributed by atoms with van der Waals surface area (Å²) in [4.78, 5) is 4.84. The van der Waals surface area contributed by atoms with Crippen LogP contribution in [0.4, 0.5) is 0 Å². The van der Waals surface area contributed by atoms with Gasteiger partial charge in [-0.25, -0.2) is 4.98 Å². The number of aryl methyl sites for hydroxylation is 4. The molecular formula is C19H19N. The van der Waals surface area contributed by atoms with Gasteiger partial charge < -0.3 is 0 Å². The maximum absolute atomic E-state index is 4.84. The Morgan fingerprint density at radius 3 is 2.25 bits per heavy atom. The highest BCUT2D eigenvalue weighted by molar-refractivity contribution is 5.85. The molecule has 1 heterocycles. The Kier molecular flexibility index (Phi) is 3.06. The van der Waals surface area contributed by atoms with Gasteiger partial charge in [0.2, 0.25) is 0 Å². The molecule has 0 spiro atoms. The quantitative estimate of drug-likeness (QED) is 0.591. The molecule has 0 atom stereocenters. The van der Waals surface area contributed by atoms with Crippen molar-refractivity contribution in [3.8, 4) is 11.3 Å². The average Bonchev–Trinajstić information content (AvgIpc) is 2.41. The fraction of sp³-hybridized carbons (Fsp3) is 0.211. The molecular weight excluding hydrogens is 242 g/mol. The van der Waals surface area contributed by atoms with E-state index in [9.17, 15) is 0 Å². The van der Waals surface area contributed by atoms with Gasteiger partial charge in [0, 0.05) is 10.9 Å². The van der Waals surface area contributed by atoms with Gasteiger partial charge in [0.05, 0.1) is 11.2 Å². The van der Waals surface area contributed by atoms with Crippen LogP contribution in [0.2, 0.25) is 0 Å². The van der Waals surface area contributed by atoms with Crippen LogP contribution in [0.1, 0.15) is 22.3 Å². The summed E-state index contributed by atoms with van der Waals surface area (Å²) in [6, 6.07) is 15.2. The molecule has 2 aromatic carbocycles. The van der Waals surface area contributed by atoms with Crippen LogP contribution in [0.5, 0.6) is 0 Å². The average molecular weight is 261 g/mol. The molecule has 100 valence electrons. The molecule has 0 saturated carbocycles. The number of hydrogen-bond donors (Lipinski definition) is 0. The SMILES string of the molecule is Cc1ccc2c(C)cc(-c3ccc(C)c(C)c3)nc2c1. The molecule has 0 saturated heterocycles. The fourth-order valence-electron chi connectivity index (χ4n) is 2.56. The van der Waals surface area contributed by atoms with Crippen LogP contribution in [0.15, 0.2) is 42.5 Å². The van der Waals surface area contributed by atoms with Crippen LogP contribution in [-0.4, -0.2) is 4.98 Å². The lowest BCUT2D eigenvalue weighted by Crippen LogP contribution is -1.91. The molecule has 0 unspecified atom stereocenters. The number of aromatic nitrogens is 1. The van der Waals surface area contributed by atoms with Crippen molar-refractivity contribution >= 4 is 10.9 Å². The van der Waals surface area contributed by atoms with E-state index in [4.69, 9.17) is 4.98 Å². The Balaban J connectivity index is 2.23. The van der Waals surface area contributed by atoms with Gasteiger partial charge in [-0.3, -0.25) is 0 Å². The Labute approximate surface area is 120 Å². The summed E-state index contributed by atoms with van der Waals surface area (Å²) in [6.45, 7) is 8.56. The van der Waals surface area contributed by atoms with E-state index in [-0.39, 0.29) is 0 Å². The minimum absolute atomic E-state index is 1.06. The Bertz CT molecular complexity index is 800. The third kappa shape index (κ3) is 2.20. The first kappa shape index (κ1) is 12.9. The number of rotatable bonds is 1. The molecule has 0 aliphatic heterocycles. The lowest BCUT2D eigenvalue weighted by Gasteiger charge is -2.09. The van der Waals surface area contributed by atoms with Crippen LogP contribution in [0.3, 0.4) is 0 Å². The largest absolute Gasteiger partial charge is 0.248 e. The van der Waals surface area contributed by atoms with Gasteiger partial charge in [0.1, 0.15) is 0 Å². The van der Waals surface area contributed by atoms with Gasteiger partial charge in [0.15, 0.2) is 0 Å².